The van der Waals surface area contributed by atoms with Crippen LogP contribution in [-0.4, -0.2) is 18.0 Å². The molecule has 0 saturated carbocycles. The first-order valence-electron chi connectivity index (χ1n) is 7.06. The number of hydrogen-bond acceptors (Lipinski definition) is 7. The molecule has 3 aromatic rings. The Morgan fingerprint density at radius 2 is 1.88 bits per heavy atom. The Bertz CT molecular complexity index is 1040. The fourth-order valence-electron chi connectivity index (χ4n) is 2.22. The van der Waals surface area contributed by atoms with Crippen LogP contribution in [0.2, 0.25) is 0 Å². The van der Waals surface area contributed by atoms with Gasteiger partial charge in [0.05, 0.1) is 12.0 Å². The van der Waals surface area contributed by atoms with E-state index in [-0.39, 0.29) is 17.0 Å². The van der Waals surface area contributed by atoms with Gasteiger partial charge in [-0.25, -0.2) is 9.59 Å². The van der Waals surface area contributed by atoms with Crippen LogP contribution in [0.1, 0.15) is 10.4 Å². The largest absolute Gasteiger partial charge is 0.465 e. The van der Waals surface area contributed by atoms with Gasteiger partial charge in [0, 0.05) is 29.7 Å². The molecule has 126 valence electrons. The molecule has 8 nitrogen and oxygen atoms in total. The van der Waals surface area contributed by atoms with E-state index in [4.69, 9.17) is 9.15 Å². The SMILES string of the molecule is COC(=O)c1cc([N+](=O)[O-])ccc1Oc1ccc2ccc(=O)oc2c1. The topological polar surface area (TPSA) is 109 Å². The van der Waals surface area contributed by atoms with Crippen LogP contribution >= 0.6 is 0 Å². The smallest absolute Gasteiger partial charge is 0.341 e. The van der Waals surface area contributed by atoms with Crippen LogP contribution in [0.4, 0.5) is 5.69 Å². The third kappa shape index (κ3) is 3.32. The zero-order valence-corrected chi connectivity index (χ0v) is 12.9. The molecule has 0 aliphatic rings. The Labute approximate surface area is 140 Å². The highest BCUT2D eigenvalue weighted by Gasteiger charge is 2.19. The molecule has 0 aliphatic carbocycles. The Balaban J connectivity index is 2.03. The number of hydrogen-bond donors (Lipinski definition) is 0. The van der Waals surface area contributed by atoms with E-state index in [9.17, 15) is 19.7 Å². The van der Waals surface area contributed by atoms with E-state index in [2.05, 4.69) is 4.74 Å². The molecule has 0 spiro atoms. The summed E-state index contributed by atoms with van der Waals surface area (Å²) in [7, 11) is 1.16. The molecule has 3 rings (SSSR count). The summed E-state index contributed by atoms with van der Waals surface area (Å²) in [5.41, 5.74) is -0.551. The molecule has 0 bridgehead atoms. The standard InChI is InChI=1S/C17H11NO7/c1-23-17(20)13-8-11(18(21)22)4-6-14(13)24-12-5-2-10-3-7-16(19)25-15(10)9-12/h2-9H,1H3. The molecule has 0 fully saturated rings. The van der Waals surface area contributed by atoms with E-state index in [0.717, 1.165) is 13.2 Å². The second-order valence-electron chi connectivity index (χ2n) is 4.99. The predicted octanol–water partition coefficient (Wildman–Crippen LogP) is 3.28. The van der Waals surface area contributed by atoms with Gasteiger partial charge in [-0.05, 0) is 24.3 Å². The lowest BCUT2D eigenvalue weighted by atomic mass is 10.1. The Morgan fingerprint density at radius 1 is 1.12 bits per heavy atom. The molecule has 0 saturated heterocycles. The first-order chi connectivity index (χ1) is 12.0. The van der Waals surface area contributed by atoms with Crippen molar-refractivity contribution < 1.29 is 23.6 Å². The van der Waals surface area contributed by atoms with Crippen molar-refractivity contribution in [2.45, 2.75) is 0 Å². The van der Waals surface area contributed by atoms with Crippen LogP contribution in [0.15, 0.2) is 57.7 Å². The summed E-state index contributed by atoms with van der Waals surface area (Å²) >= 11 is 0. The molecular formula is C17H11NO7. The van der Waals surface area contributed by atoms with E-state index in [0.29, 0.717) is 16.7 Å². The fraction of sp³-hybridized carbons (Fsp3) is 0.0588. The van der Waals surface area contributed by atoms with Gasteiger partial charge >= 0.3 is 11.6 Å². The van der Waals surface area contributed by atoms with E-state index in [1.54, 1.807) is 18.2 Å². The molecule has 0 radical (unpaired) electrons. The molecule has 8 heteroatoms. The fourth-order valence-corrected chi connectivity index (χ4v) is 2.22. The number of esters is 1. The lowest BCUT2D eigenvalue weighted by Crippen LogP contribution is -2.05. The van der Waals surface area contributed by atoms with Gasteiger partial charge in [0.1, 0.15) is 22.6 Å². The summed E-state index contributed by atoms with van der Waals surface area (Å²) in [6.07, 6.45) is 0. The van der Waals surface area contributed by atoms with E-state index >= 15 is 0 Å². The second kappa shape index (κ2) is 6.44. The Kier molecular flexibility index (Phi) is 4.17. The van der Waals surface area contributed by atoms with Gasteiger partial charge in [0.25, 0.3) is 5.69 Å². The minimum atomic E-state index is -0.772. The molecule has 1 aromatic heterocycles. The van der Waals surface area contributed by atoms with Crippen LogP contribution in [0, 0.1) is 10.1 Å². The van der Waals surface area contributed by atoms with Gasteiger partial charge < -0.3 is 13.9 Å². The Hall–Kier alpha value is -3.68. The summed E-state index contributed by atoms with van der Waals surface area (Å²) in [5.74, 6) is -0.401. The number of methoxy groups -OCH3 is 1. The van der Waals surface area contributed by atoms with Crippen molar-refractivity contribution >= 4 is 22.6 Å². The number of benzene rings is 2. The Morgan fingerprint density at radius 3 is 2.60 bits per heavy atom. The number of carbonyl (C=O) groups excluding carboxylic acids is 1. The van der Waals surface area contributed by atoms with Crippen molar-refractivity contribution in [3.05, 3.63) is 74.6 Å². The van der Waals surface area contributed by atoms with Crippen molar-refractivity contribution in [3.8, 4) is 11.5 Å². The number of nitro benzene ring substituents is 1. The molecular weight excluding hydrogens is 330 g/mol. The van der Waals surface area contributed by atoms with E-state index in [1.807, 2.05) is 0 Å². The average Bonchev–Trinajstić information content (AvgIpc) is 2.60. The van der Waals surface area contributed by atoms with Crippen molar-refractivity contribution in [2.75, 3.05) is 7.11 Å². The van der Waals surface area contributed by atoms with Crippen molar-refractivity contribution in [1.82, 2.24) is 0 Å². The van der Waals surface area contributed by atoms with Crippen LogP contribution in [0.25, 0.3) is 11.0 Å². The van der Waals surface area contributed by atoms with Gasteiger partial charge in [-0.1, -0.05) is 0 Å². The van der Waals surface area contributed by atoms with Crippen LogP contribution in [0.3, 0.4) is 0 Å². The number of nitro groups is 1. The maximum absolute atomic E-state index is 11.9. The molecule has 0 aliphatic heterocycles. The molecule has 0 amide bonds. The van der Waals surface area contributed by atoms with Gasteiger partial charge in [0.2, 0.25) is 0 Å². The van der Waals surface area contributed by atoms with Crippen molar-refractivity contribution in [2.24, 2.45) is 0 Å². The summed E-state index contributed by atoms with van der Waals surface area (Å²) in [6, 6.07) is 11.3. The summed E-state index contributed by atoms with van der Waals surface area (Å²) < 4.78 is 15.3. The van der Waals surface area contributed by atoms with Crippen LogP contribution < -0.4 is 10.4 Å². The van der Waals surface area contributed by atoms with E-state index < -0.39 is 16.5 Å². The number of carbonyl (C=O) groups is 1. The zero-order valence-electron chi connectivity index (χ0n) is 12.9. The molecule has 1 heterocycles. The summed E-state index contributed by atoms with van der Waals surface area (Å²) in [5, 5.41) is 11.6. The molecule has 0 atom stereocenters. The highest BCUT2D eigenvalue weighted by atomic mass is 16.6. The summed E-state index contributed by atoms with van der Waals surface area (Å²) in [6.45, 7) is 0. The quantitative estimate of drug-likeness (QED) is 0.310. The first kappa shape index (κ1) is 16.2. The highest BCUT2D eigenvalue weighted by molar-refractivity contribution is 5.93. The highest BCUT2D eigenvalue weighted by Crippen LogP contribution is 2.30. The van der Waals surface area contributed by atoms with Crippen molar-refractivity contribution in [3.63, 3.8) is 0 Å². The molecule has 25 heavy (non-hydrogen) atoms. The molecule has 0 unspecified atom stereocenters. The second-order valence-corrected chi connectivity index (χ2v) is 4.99. The summed E-state index contributed by atoms with van der Waals surface area (Å²) in [4.78, 5) is 33.4. The third-order valence-electron chi connectivity index (χ3n) is 3.40. The van der Waals surface area contributed by atoms with Gasteiger partial charge in [-0.15, -0.1) is 0 Å². The van der Waals surface area contributed by atoms with E-state index in [1.165, 1.54) is 24.3 Å². The monoisotopic (exact) mass is 341 g/mol. The third-order valence-corrected chi connectivity index (χ3v) is 3.40. The number of nitrogens with zero attached hydrogens (tertiary/aromatic N) is 1. The number of rotatable bonds is 4. The maximum Gasteiger partial charge on any atom is 0.341 e. The van der Waals surface area contributed by atoms with Gasteiger partial charge in [-0.2, -0.15) is 0 Å². The lowest BCUT2D eigenvalue weighted by Gasteiger charge is -2.10. The normalized spacial score (nSPS) is 10.4. The van der Waals surface area contributed by atoms with Gasteiger partial charge in [0.15, 0.2) is 0 Å². The zero-order chi connectivity index (χ0) is 18.0. The lowest BCUT2D eigenvalue weighted by molar-refractivity contribution is -0.384. The number of non-ortho nitro benzene ring substituents is 1. The predicted molar refractivity (Wildman–Crippen MR) is 87.0 cm³/mol. The number of ether oxygens (including phenoxy) is 2. The van der Waals surface area contributed by atoms with Crippen LogP contribution in [-0.2, 0) is 4.74 Å². The van der Waals surface area contributed by atoms with Gasteiger partial charge in [-0.3, -0.25) is 10.1 Å². The van der Waals surface area contributed by atoms with Crippen molar-refractivity contribution in [1.29, 1.82) is 0 Å². The minimum absolute atomic E-state index is 0.0788. The average molecular weight is 341 g/mol. The maximum atomic E-state index is 11.9. The van der Waals surface area contributed by atoms with Crippen LogP contribution in [0.5, 0.6) is 11.5 Å². The molecule has 2 aromatic carbocycles. The minimum Gasteiger partial charge on any atom is -0.465 e. The number of fused-ring (bicyclic) bond motifs is 1. The first-order valence-corrected chi connectivity index (χ1v) is 7.06. The molecule has 0 N–H and O–H groups in total.